The predicted octanol–water partition coefficient (Wildman–Crippen LogP) is 3.11. The Morgan fingerprint density at radius 1 is 1.03 bits per heavy atom. The Morgan fingerprint density at radius 3 is 2.70 bits per heavy atom. The molecule has 0 aliphatic carbocycles. The van der Waals surface area contributed by atoms with Crippen molar-refractivity contribution in [2.24, 2.45) is 5.92 Å². The number of piperidine rings is 2. The van der Waals surface area contributed by atoms with Gasteiger partial charge in [-0.25, -0.2) is 0 Å². The minimum absolute atomic E-state index is 0.0274. The standard InChI is InChI=1S/C25H32N2O3/c28-14-15-30-23-10-4-8-21(16-23)18-26-12-5-9-22-19-27(13-11-24(22)26)25(29)17-20-6-2-1-3-7-20/h1-4,6-8,10,16,22,24,28H,5,9,11-15,17-19H2/t22-,24+/m1/s1. The molecule has 2 saturated heterocycles. The van der Waals surface area contributed by atoms with Crippen LogP contribution >= 0.6 is 0 Å². The number of likely N-dealkylation sites (tertiary alicyclic amines) is 2. The Morgan fingerprint density at radius 2 is 1.87 bits per heavy atom. The van der Waals surface area contributed by atoms with Crippen LogP contribution in [0.1, 0.15) is 30.4 Å². The summed E-state index contributed by atoms with van der Waals surface area (Å²) in [6.45, 7) is 4.11. The van der Waals surface area contributed by atoms with E-state index in [1.165, 1.54) is 18.4 Å². The van der Waals surface area contributed by atoms with Crippen LogP contribution in [0.15, 0.2) is 54.6 Å². The fourth-order valence-electron chi connectivity index (χ4n) is 4.94. The Labute approximate surface area is 179 Å². The zero-order valence-electron chi connectivity index (χ0n) is 17.6. The summed E-state index contributed by atoms with van der Waals surface area (Å²) in [5.41, 5.74) is 2.34. The van der Waals surface area contributed by atoms with Gasteiger partial charge in [-0.05, 0) is 55.0 Å². The van der Waals surface area contributed by atoms with E-state index in [9.17, 15) is 4.79 Å². The van der Waals surface area contributed by atoms with Gasteiger partial charge in [-0.15, -0.1) is 0 Å². The smallest absolute Gasteiger partial charge is 0.227 e. The molecular formula is C25H32N2O3. The molecule has 0 spiro atoms. The number of carbonyl (C=O) groups is 1. The molecule has 160 valence electrons. The van der Waals surface area contributed by atoms with Gasteiger partial charge >= 0.3 is 0 Å². The maximum Gasteiger partial charge on any atom is 0.227 e. The van der Waals surface area contributed by atoms with E-state index in [1.54, 1.807) is 0 Å². The third kappa shape index (κ3) is 5.21. The van der Waals surface area contributed by atoms with Gasteiger partial charge in [0.15, 0.2) is 0 Å². The number of hydrogen-bond donors (Lipinski definition) is 1. The number of rotatable bonds is 7. The summed E-state index contributed by atoms with van der Waals surface area (Å²) in [4.78, 5) is 17.5. The summed E-state index contributed by atoms with van der Waals surface area (Å²) in [7, 11) is 0. The van der Waals surface area contributed by atoms with Crippen LogP contribution in [0.5, 0.6) is 5.75 Å². The number of aliphatic hydroxyl groups is 1. The van der Waals surface area contributed by atoms with Crippen LogP contribution in [0.3, 0.4) is 0 Å². The number of carbonyl (C=O) groups excluding carboxylic acids is 1. The molecule has 1 amide bonds. The largest absolute Gasteiger partial charge is 0.491 e. The first-order valence-corrected chi connectivity index (χ1v) is 11.1. The molecule has 0 bridgehead atoms. The third-order valence-electron chi connectivity index (χ3n) is 6.38. The summed E-state index contributed by atoms with van der Waals surface area (Å²) in [6, 6.07) is 18.8. The van der Waals surface area contributed by atoms with E-state index in [1.807, 2.05) is 42.5 Å². The van der Waals surface area contributed by atoms with Crippen molar-refractivity contribution in [1.82, 2.24) is 9.80 Å². The van der Waals surface area contributed by atoms with Crippen LogP contribution in [0.25, 0.3) is 0 Å². The maximum absolute atomic E-state index is 12.8. The molecule has 2 atom stereocenters. The summed E-state index contributed by atoms with van der Waals surface area (Å²) in [6.07, 6.45) is 3.94. The lowest BCUT2D eigenvalue weighted by atomic mass is 9.83. The van der Waals surface area contributed by atoms with E-state index in [-0.39, 0.29) is 12.5 Å². The molecule has 0 unspecified atom stereocenters. The Bertz CT molecular complexity index is 826. The molecule has 5 nitrogen and oxygen atoms in total. The fraction of sp³-hybridized carbons (Fsp3) is 0.480. The zero-order valence-corrected chi connectivity index (χ0v) is 17.6. The molecule has 5 heteroatoms. The molecular weight excluding hydrogens is 376 g/mol. The quantitative estimate of drug-likeness (QED) is 0.765. The molecule has 0 radical (unpaired) electrons. The lowest BCUT2D eigenvalue weighted by Gasteiger charge is -2.47. The molecule has 30 heavy (non-hydrogen) atoms. The fourth-order valence-corrected chi connectivity index (χ4v) is 4.94. The van der Waals surface area contributed by atoms with Crippen LogP contribution in [0, 0.1) is 5.92 Å². The van der Waals surface area contributed by atoms with E-state index in [0.717, 1.165) is 43.9 Å². The monoisotopic (exact) mass is 408 g/mol. The van der Waals surface area contributed by atoms with Crippen molar-refractivity contribution in [3.05, 3.63) is 65.7 Å². The number of aliphatic hydroxyl groups excluding tert-OH is 1. The zero-order chi connectivity index (χ0) is 20.8. The van der Waals surface area contributed by atoms with Crippen molar-refractivity contribution < 1.29 is 14.6 Å². The van der Waals surface area contributed by atoms with Gasteiger partial charge in [-0.1, -0.05) is 42.5 Å². The molecule has 2 aromatic rings. The Hall–Kier alpha value is -2.37. The SMILES string of the molecule is O=C(Cc1ccccc1)N1CC[C@H]2[C@H](CCCN2Cc2cccc(OCCO)c2)C1. The minimum Gasteiger partial charge on any atom is -0.491 e. The summed E-state index contributed by atoms with van der Waals surface area (Å²) in [5.74, 6) is 1.63. The number of ether oxygens (including phenoxy) is 1. The van der Waals surface area contributed by atoms with Gasteiger partial charge in [0.25, 0.3) is 0 Å². The van der Waals surface area contributed by atoms with E-state index in [2.05, 4.69) is 21.9 Å². The number of hydrogen-bond acceptors (Lipinski definition) is 4. The van der Waals surface area contributed by atoms with Crippen LogP contribution in [-0.4, -0.2) is 59.7 Å². The van der Waals surface area contributed by atoms with Crippen molar-refractivity contribution in [2.75, 3.05) is 32.8 Å². The topological polar surface area (TPSA) is 53.0 Å². The van der Waals surface area contributed by atoms with Gasteiger partial charge < -0.3 is 14.7 Å². The Balaban J connectivity index is 1.35. The lowest BCUT2D eigenvalue weighted by molar-refractivity contribution is -0.134. The van der Waals surface area contributed by atoms with Crippen molar-refractivity contribution in [1.29, 1.82) is 0 Å². The summed E-state index contributed by atoms with van der Waals surface area (Å²) in [5, 5.41) is 8.97. The molecule has 0 saturated carbocycles. The second-order valence-corrected chi connectivity index (χ2v) is 8.45. The highest BCUT2D eigenvalue weighted by Gasteiger charge is 2.37. The molecule has 2 aromatic carbocycles. The molecule has 4 rings (SSSR count). The van der Waals surface area contributed by atoms with Crippen LogP contribution in [0.4, 0.5) is 0 Å². The highest BCUT2D eigenvalue weighted by Crippen LogP contribution is 2.32. The molecule has 0 aromatic heterocycles. The van der Waals surface area contributed by atoms with Crippen molar-refractivity contribution >= 4 is 5.91 Å². The second-order valence-electron chi connectivity index (χ2n) is 8.45. The number of amides is 1. The van der Waals surface area contributed by atoms with Crippen molar-refractivity contribution in [2.45, 2.75) is 38.3 Å². The lowest BCUT2D eigenvalue weighted by Crippen LogP contribution is -2.55. The highest BCUT2D eigenvalue weighted by atomic mass is 16.5. The molecule has 2 fully saturated rings. The first-order valence-electron chi connectivity index (χ1n) is 11.1. The molecule has 2 heterocycles. The first kappa shape index (κ1) is 20.9. The van der Waals surface area contributed by atoms with Crippen molar-refractivity contribution in [3.63, 3.8) is 0 Å². The summed E-state index contributed by atoms with van der Waals surface area (Å²) < 4.78 is 5.57. The summed E-state index contributed by atoms with van der Waals surface area (Å²) >= 11 is 0. The van der Waals surface area contributed by atoms with Crippen LogP contribution in [-0.2, 0) is 17.8 Å². The highest BCUT2D eigenvalue weighted by molar-refractivity contribution is 5.78. The van der Waals surface area contributed by atoms with Gasteiger partial charge in [0, 0.05) is 25.7 Å². The van der Waals surface area contributed by atoms with Gasteiger partial charge in [0.2, 0.25) is 5.91 Å². The average molecular weight is 409 g/mol. The van der Waals surface area contributed by atoms with Crippen molar-refractivity contribution in [3.8, 4) is 5.75 Å². The van der Waals surface area contributed by atoms with Gasteiger partial charge in [-0.3, -0.25) is 9.69 Å². The molecule has 2 aliphatic rings. The maximum atomic E-state index is 12.8. The minimum atomic E-state index is 0.0274. The first-order chi connectivity index (χ1) is 14.7. The predicted molar refractivity (Wildman–Crippen MR) is 117 cm³/mol. The number of benzene rings is 2. The molecule has 2 aliphatic heterocycles. The van der Waals surface area contributed by atoms with Crippen LogP contribution < -0.4 is 4.74 Å². The van der Waals surface area contributed by atoms with E-state index in [0.29, 0.717) is 25.0 Å². The average Bonchev–Trinajstić information content (AvgIpc) is 2.78. The van der Waals surface area contributed by atoms with Gasteiger partial charge in [-0.2, -0.15) is 0 Å². The van der Waals surface area contributed by atoms with E-state index >= 15 is 0 Å². The van der Waals surface area contributed by atoms with Crippen LogP contribution in [0.2, 0.25) is 0 Å². The molecule has 1 N–H and O–H groups in total. The number of nitrogens with zero attached hydrogens (tertiary/aromatic N) is 2. The van der Waals surface area contributed by atoms with E-state index < -0.39 is 0 Å². The van der Waals surface area contributed by atoms with Gasteiger partial charge in [0.05, 0.1) is 13.0 Å². The third-order valence-corrected chi connectivity index (χ3v) is 6.38. The normalized spacial score (nSPS) is 21.8. The van der Waals surface area contributed by atoms with E-state index in [4.69, 9.17) is 9.84 Å². The Kier molecular flexibility index (Phi) is 7.03. The second kappa shape index (κ2) is 10.1. The number of fused-ring (bicyclic) bond motifs is 1. The van der Waals surface area contributed by atoms with Gasteiger partial charge in [0.1, 0.15) is 12.4 Å².